The Morgan fingerprint density at radius 3 is 2.60 bits per heavy atom. The van der Waals surface area contributed by atoms with E-state index < -0.39 is 40.5 Å². The number of rotatable bonds is 8. The molecule has 2 aliphatic heterocycles. The van der Waals surface area contributed by atoms with E-state index in [0.717, 1.165) is 16.5 Å². The van der Waals surface area contributed by atoms with Gasteiger partial charge in [0.05, 0.1) is 19.6 Å². The van der Waals surface area contributed by atoms with Crippen molar-refractivity contribution in [1.82, 2.24) is 15.2 Å². The van der Waals surface area contributed by atoms with Crippen molar-refractivity contribution >= 4 is 34.5 Å². The molecule has 1 aliphatic carbocycles. The quantitative estimate of drug-likeness (QED) is 0.356. The Hall–Kier alpha value is -3.95. The summed E-state index contributed by atoms with van der Waals surface area (Å²) in [5.74, 6) is -0.163. The van der Waals surface area contributed by atoms with Crippen molar-refractivity contribution in [2.24, 2.45) is 22.2 Å². The SMILES string of the molecule is C=C[C@H]1C[C@@]12N=C([C@@H]1C[C@@H](Oc3nccc4cc(OC)ccc34)CN1C(=O)[C@@H](CC(=O)NC(C)(C)C)C(C)(C)C)OC2=O. The summed E-state index contributed by atoms with van der Waals surface area (Å²) in [7, 11) is 1.61. The second-order valence-electron chi connectivity index (χ2n) is 13.9. The number of fused-ring (bicyclic) bond motifs is 1. The maximum atomic E-state index is 14.4. The predicted octanol–water partition coefficient (Wildman–Crippen LogP) is 4.46. The Kier molecular flexibility index (Phi) is 7.77. The Morgan fingerprint density at radius 1 is 1.23 bits per heavy atom. The highest BCUT2D eigenvalue weighted by molar-refractivity contribution is 6.05. The molecule has 10 nitrogen and oxygen atoms in total. The summed E-state index contributed by atoms with van der Waals surface area (Å²) in [6.07, 6.45) is 3.86. The number of amides is 2. The molecule has 230 valence electrons. The number of esters is 1. The Bertz CT molecular complexity index is 1490. The van der Waals surface area contributed by atoms with Crippen LogP contribution in [0.25, 0.3) is 10.8 Å². The van der Waals surface area contributed by atoms with Crippen LogP contribution in [0.5, 0.6) is 11.6 Å². The van der Waals surface area contributed by atoms with Gasteiger partial charge in [-0.15, -0.1) is 6.58 Å². The normalized spacial score (nSPS) is 25.7. The summed E-state index contributed by atoms with van der Waals surface area (Å²) in [5, 5.41) is 4.70. The van der Waals surface area contributed by atoms with E-state index in [1.165, 1.54) is 0 Å². The topological polar surface area (TPSA) is 119 Å². The lowest BCUT2D eigenvalue weighted by molar-refractivity contribution is -0.143. The molecular formula is C33H42N4O6. The first-order chi connectivity index (χ1) is 20.1. The van der Waals surface area contributed by atoms with E-state index in [1.807, 2.05) is 65.8 Å². The molecule has 2 amide bonds. The number of ether oxygens (including phenoxy) is 3. The van der Waals surface area contributed by atoms with Crippen molar-refractivity contribution in [2.75, 3.05) is 13.7 Å². The van der Waals surface area contributed by atoms with Crippen LogP contribution in [0.15, 0.2) is 48.1 Å². The number of carbonyl (C=O) groups excluding carboxylic acids is 3. The molecule has 1 saturated carbocycles. The van der Waals surface area contributed by atoms with Crippen LogP contribution in [-0.2, 0) is 19.1 Å². The van der Waals surface area contributed by atoms with Gasteiger partial charge in [-0.1, -0.05) is 26.8 Å². The number of carbonyl (C=O) groups is 3. The van der Waals surface area contributed by atoms with Gasteiger partial charge in [-0.05, 0) is 62.3 Å². The first-order valence-corrected chi connectivity index (χ1v) is 14.8. The minimum atomic E-state index is -0.947. The number of cyclic esters (lactones) is 1. The fourth-order valence-electron chi connectivity index (χ4n) is 6.00. The van der Waals surface area contributed by atoms with Gasteiger partial charge in [-0.25, -0.2) is 14.8 Å². The minimum absolute atomic E-state index is 0.0236. The predicted molar refractivity (Wildman–Crippen MR) is 163 cm³/mol. The van der Waals surface area contributed by atoms with E-state index in [2.05, 4.69) is 16.9 Å². The van der Waals surface area contributed by atoms with Gasteiger partial charge < -0.3 is 24.4 Å². The molecule has 1 saturated heterocycles. The second-order valence-corrected chi connectivity index (χ2v) is 13.9. The summed E-state index contributed by atoms with van der Waals surface area (Å²) in [6, 6.07) is 6.90. The molecule has 3 aliphatic rings. The van der Waals surface area contributed by atoms with E-state index in [0.29, 0.717) is 18.7 Å². The van der Waals surface area contributed by atoms with Crippen molar-refractivity contribution < 1.29 is 28.6 Å². The smallest absolute Gasteiger partial charge is 0.341 e. The molecule has 0 unspecified atom stereocenters. The van der Waals surface area contributed by atoms with Gasteiger partial charge >= 0.3 is 5.97 Å². The molecule has 2 fully saturated rings. The molecule has 0 bridgehead atoms. The maximum Gasteiger partial charge on any atom is 0.341 e. The van der Waals surface area contributed by atoms with Crippen molar-refractivity contribution in [2.45, 2.75) is 84.0 Å². The van der Waals surface area contributed by atoms with Gasteiger partial charge in [0, 0.05) is 35.9 Å². The van der Waals surface area contributed by atoms with Gasteiger partial charge in [0.2, 0.25) is 23.6 Å². The molecule has 1 aromatic heterocycles. The van der Waals surface area contributed by atoms with Crippen LogP contribution in [0.4, 0.5) is 0 Å². The first-order valence-electron chi connectivity index (χ1n) is 14.8. The van der Waals surface area contributed by atoms with Gasteiger partial charge in [-0.3, -0.25) is 9.59 Å². The number of hydrogen-bond donors (Lipinski definition) is 1. The van der Waals surface area contributed by atoms with Gasteiger partial charge in [0.1, 0.15) is 17.9 Å². The number of aliphatic imine (C=N–C) groups is 1. The molecule has 2 aromatic rings. The molecular weight excluding hydrogens is 548 g/mol. The molecule has 0 radical (unpaired) electrons. The monoisotopic (exact) mass is 590 g/mol. The molecule has 10 heteroatoms. The zero-order valence-electron chi connectivity index (χ0n) is 26.1. The zero-order valence-corrected chi connectivity index (χ0v) is 26.1. The summed E-state index contributed by atoms with van der Waals surface area (Å²) in [4.78, 5) is 51.2. The standard InChI is InChI=1S/C33H42N4O6/c1-9-20-17-33(20)30(40)43-28(36-33)25-15-22(42-27-23-11-10-21(41-8)14-19(23)12-13-34-27)18-37(25)29(39)24(31(2,3)4)16-26(38)35-32(5,6)7/h9-14,20,22,24-25H,1,15-18H2,2-8H3,(H,35,38)/t20-,22+,24+,25-,33+/m0/s1. The fourth-order valence-corrected chi connectivity index (χ4v) is 6.00. The second kappa shape index (κ2) is 11.0. The Labute approximate surface area is 252 Å². The van der Waals surface area contributed by atoms with Crippen molar-refractivity contribution in [1.29, 1.82) is 0 Å². The van der Waals surface area contributed by atoms with E-state index in [-0.39, 0.29) is 36.6 Å². The van der Waals surface area contributed by atoms with E-state index in [4.69, 9.17) is 19.2 Å². The van der Waals surface area contributed by atoms with Crippen LogP contribution in [0.3, 0.4) is 0 Å². The molecule has 43 heavy (non-hydrogen) atoms. The number of nitrogens with zero attached hydrogens (tertiary/aromatic N) is 3. The van der Waals surface area contributed by atoms with Crippen LogP contribution in [-0.4, -0.2) is 70.4 Å². The average molecular weight is 591 g/mol. The number of hydrogen-bond acceptors (Lipinski definition) is 8. The molecule has 3 heterocycles. The molecule has 1 aromatic carbocycles. The van der Waals surface area contributed by atoms with E-state index in [1.54, 1.807) is 24.3 Å². The van der Waals surface area contributed by atoms with E-state index >= 15 is 0 Å². The van der Waals surface area contributed by atoms with Crippen LogP contribution in [0.1, 0.15) is 60.8 Å². The first kappa shape index (κ1) is 30.5. The van der Waals surface area contributed by atoms with Gasteiger partial charge in [-0.2, -0.15) is 0 Å². The van der Waals surface area contributed by atoms with Crippen LogP contribution >= 0.6 is 0 Å². The van der Waals surface area contributed by atoms with Crippen LogP contribution < -0.4 is 14.8 Å². The summed E-state index contributed by atoms with van der Waals surface area (Å²) < 4.78 is 17.6. The summed E-state index contributed by atoms with van der Waals surface area (Å²) >= 11 is 0. The van der Waals surface area contributed by atoms with Gasteiger partial charge in [0.25, 0.3) is 0 Å². The molecule has 5 atom stereocenters. The lowest BCUT2D eigenvalue weighted by Gasteiger charge is -2.35. The lowest BCUT2D eigenvalue weighted by atomic mass is 9.77. The lowest BCUT2D eigenvalue weighted by Crippen LogP contribution is -2.49. The highest BCUT2D eigenvalue weighted by Gasteiger charge is 2.65. The van der Waals surface area contributed by atoms with Crippen molar-refractivity contribution in [3.05, 3.63) is 43.1 Å². The number of nitrogens with one attached hydrogen (secondary N) is 1. The van der Waals surface area contributed by atoms with Crippen molar-refractivity contribution in [3.8, 4) is 11.6 Å². The van der Waals surface area contributed by atoms with Crippen LogP contribution in [0, 0.1) is 17.3 Å². The Balaban J connectivity index is 1.46. The molecule has 1 spiro atoms. The summed E-state index contributed by atoms with van der Waals surface area (Å²) in [6.45, 7) is 15.6. The third-order valence-electron chi connectivity index (χ3n) is 8.42. The largest absolute Gasteiger partial charge is 0.497 e. The number of aromatic nitrogens is 1. The highest BCUT2D eigenvalue weighted by atomic mass is 16.6. The minimum Gasteiger partial charge on any atom is -0.497 e. The van der Waals surface area contributed by atoms with Crippen molar-refractivity contribution in [3.63, 3.8) is 0 Å². The highest BCUT2D eigenvalue weighted by Crippen LogP contribution is 2.52. The number of benzene rings is 1. The number of methoxy groups -OCH3 is 1. The zero-order chi connectivity index (χ0) is 31.3. The Morgan fingerprint density at radius 2 is 1.98 bits per heavy atom. The summed E-state index contributed by atoms with van der Waals surface area (Å²) in [5.41, 5.74) is -1.90. The van der Waals surface area contributed by atoms with E-state index in [9.17, 15) is 14.4 Å². The third kappa shape index (κ3) is 6.10. The maximum absolute atomic E-state index is 14.4. The fraction of sp³-hybridized carbons (Fsp3) is 0.545. The van der Waals surface area contributed by atoms with Crippen LogP contribution in [0.2, 0.25) is 0 Å². The third-order valence-corrected chi connectivity index (χ3v) is 8.42. The molecule has 5 rings (SSSR count). The number of pyridine rings is 1. The number of likely N-dealkylation sites (tertiary alicyclic amines) is 1. The average Bonchev–Trinajstić information content (AvgIpc) is 3.32. The van der Waals surface area contributed by atoms with Gasteiger partial charge in [0.15, 0.2) is 5.54 Å². The molecule has 1 N–H and O–H groups in total.